The van der Waals surface area contributed by atoms with Crippen molar-refractivity contribution in [3.8, 4) is 5.75 Å². The van der Waals surface area contributed by atoms with E-state index in [1.54, 1.807) is 0 Å². The number of fused-ring (bicyclic) bond motifs is 3. The van der Waals surface area contributed by atoms with Crippen molar-refractivity contribution in [2.24, 2.45) is 0 Å². The van der Waals surface area contributed by atoms with E-state index in [4.69, 9.17) is 16.3 Å². The van der Waals surface area contributed by atoms with Crippen LogP contribution in [0.3, 0.4) is 0 Å². The van der Waals surface area contributed by atoms with Crippen LogP contribution in [0.1, 0.15) is 24.0 Å². The fourth-order valence-corrected chi connectivity index (χ4v) is 4.91. The van der Waals surface area contributed by atoms with Crippen LogP contribution in [0.15, 0.2) is 41.3 Å². The molecule has 2 aliphatic rings. The van der Waals surface area contributed by atoms with Crippen molar-refractivity contribution < 1.29 is 9.53 Å². The van der Waals surface area contributed by atoms with E-state index in [9.17, 15) is 4.79 Å². The molecule has 1 atom stereocenters. The maximum atomic E-state index is 10.6. The minimum atomic E-state index is -0.0275. The smallest absolute Gasteiger partial charge is 0.217 e. The maximum absolute atomic E-state index is 10.6. The SMILES string of the molecule is CN1C[C@@]2(CCCc3cc(Cl)ccc32)COc2ccc(SNC=O)cc21. The maximum Gasteiger partial charge on any atom is 0.217 e. The number of amides is 1. The van der Waals surface area contributed by atoms with Crippen molar-refractivity contribution in [1.29, 1.82) is 0 Å². The largest absolute Gasteiger partial charge is 0.490 e. The Balaban J connectivity index is 1.69. The van der Waals surface area contributed by atoms with Gasteiger partial charge in [0.2, 0.25) is 6.41 Å². The number of nitrogens with one attached hydrogen (secondary N) is 1. The van der Waals surface area contributed by atoms with Crippen LogP contribution < -0.4 is 14.4 Å². The molecule has 0 saturated carbocycles. The van der Waals surface area contributed by atoms with Crippen molar-refractivity contribution in [1.82, 2.24) is 4.72 Å². The van der Waals surface area contributed by atoms with Crippen molar-refractivity contribution in [3.63, 3.8) is 0 Å². The van der Waals surface area contributed by atoms with Crippen LogP contribution in [0.4, 0.5) is 5.69 Å². The molecule has 1 amide bonds. The van der Waals surface area contributed by atoms with Crippen LogP contribution in [0.5, 0.6) is 5.75 Å². The zero-order chi connectivity index (χ0) is 18.1. The highest BCUT2D eigenvalue weighted by Gasteiger charge is 2.40. The minimum Gasteiger partial charge on any atom is -0.490 e. The summed E-state index contributed by atoms with van der Waals surface area (Å²) in [5.74, 6) is 0.890. The van der Waals surface area contributed by atoms with E-state index >= 15 is 0 Å². The summed E-state index contributed by atoms with van der Waals surface area (Å²) in [5.41, 5.74) is 3.74. The second-order valence-electron chi connectivity index (χ2n) is 7.05. The molecule has 0 unspecified atom stereocenters. The second kappa shape index (κ2) is 7.05. The highest BCUT2D eigenvalue weighted by molar-refractivity contribution is 7.97. The van der Waals surface area contributed by atoms with Gasteiger partial charge >= 0.3 is 0 Å². The second-order valence-corrected chi connectivity index (χ2v) is 8.40. The molecule has 26 heavy (non-hydrogen) atoms. The number of halogens is 1. The van der Waals surface area contributed by atoms with Gasteiger partial charge < -0.3 is 9.64 Å². The summed E-state index contributed by atoms with van der Waals surface area (Å²) >= 11 is 7.53. The highest BCUT2D eigenvalue weighted by atomic mass is 35.5. The summed E-state index contributed by atoms with van der Waals surface area (Å²) in [7, 11) is 2.11. The number of hydrogen-bond acceptors (Lipinski definition) is 4. The average Bonchev–Trinajstić information content (AvgIpc) is 2.77. The Morgan fingerprint density at radius 2 is 2.19 bits per heavy atom. The topological polar surface area (TPSA) is 41.6 Å². The van der Waals surface area contributed by atoms with Gasteiger partial charge in [-0.15, -0.1) is 0 Å². The fourth-order valence-electron chi connectivity index (χ4n) is 4.23. The molecule has 0 radical (unpaired) electrons. The molecule has 4 nitrogen and oxygen atoms in total. The lowest BCUT2D eigenvalue weighted by Crippen LogP contribution is -2.44. The monoisotopic (exact) mass is 388 g/mol. The molecule has 136 valence electrons. The van der Waals surface area contributed by atoms with E-state index in [2.05, 4.69) is 34.9 Å². The summed E-state index contributed by atoms with van der Waals surface area (Å²) in [6, 6.07) is 12.3. The van der Waals surface area contributed by atoms with Gasteiger partial charge in [0.05, 0.1) is 12.3 Å². The fraction of sp³-hybridized carbons (Fsp3) is 0.350. The van der Waals surface area contributed by atoms with Gasteiger partial charge in [-0.1, -0.05) is 17.7 Å². The third kappa shape index (κ3) is 3.14. The molecular weight excluding hydrogens is 368 g/mol. The first-order chi connectivity index (χ1) is 12.6. The Hall–Kier alpha value is -1.85. The van der Waals surface area contributed by atoms with Gasteiger partial charge in [-0.2, -0.15) is 0 Å². The molecule has 1 spiro atoms. The third-order valence-electron chi connectivity index (χ3n) is 5.35. The summed E-state index contributed by atoms with van der Waals surface area (Å²) in [5, 5.41) is 0.802. The van der Waals surface area contributed by atoms with Crippen molar-refractivity contribution in [3.05, 3.63) is 52.5 Å². The third-order valence-corrected chi connectivity index (χ3v) is 6.29. The molecule has 4 rings (SSSR count). The molecule has 0 saturated heterocycles. The first-order valence-electron chi connectivity index (χ1n) is 8.74. The number of anilines is 1. The number of carbonyl (C=O) groups is 1. The van der Waals surface area contributed by atoms with Crippen molar-refractivity contribution >= 4 is 35.6 Å². The number of hydrogen-bond donors (Lipinski definition) is 1. The zero-order valence-electron chi connectivity index (χ0n) is 14.6. The normalized spacial score (nSPS) is 21.4. The summed E-state index contributed by atoms with van der Waals surface area (Å²) in [4.78, 5) is 13.8. The van der Waals surface area contributed by atoms with Crippen LogP contribution in [0, 0.1) is 0 Å². The van der Waals surface area contributed by atoms with E-state index in [1.807, 2.05) is 18.2 Å². The van der Waals surface area contributed by atoms with Crippen molar-refractivity contribution in [2.45, 2.75) is 29.6 Å². The number of nitrogens with zero attached hydrogens (tertiary/aromatic N) is 1. The Labute approximate surface area is 163 Å². The lowest BCUT2D eigenvalue weighted by Gasteiger charge is -2.39. The van der Waals surface area contributed by atoms with E-state index in [0.29, 0.717) is 13.0 Å². The van der Waals surface area contributed by atoms with Crippen LogP contribution in [0.25, 0.3) is 0 Å². The van der Waals surface area contributed by atoms with Gasteiger partial charge in [-0.05, 0) is 72.7 Å². The predicted molar refractivity (Wildman–Crippen MR) is 106 cm³/mol. The molecule has 0 bridgehead atoms. The van der Waals surface area contributed by atoms with E-state index in [1.165, 1.54) is 23.1 Å². The van der Waals surface area contributed by atoms with E-state index in [0.717, 1.165) is 47.2 Å². The molecule has 2 aromatic rings. The summed E-state index contributed by atoms with van der Waals surface area (Å²) in [6.07, 6.45) is 4.02. The number of aryl methyl sites for hydroxylation is 1. The summed E-state index contributed by atoms with van der Waals surface area (Å²) < 4.78 is 8.93. The molecule has 0 aromatic heterocycles. The van der Waals surface area contributed by atoms with E-state index in [-0.39, 0.29) is 5.41 Å². The highest BCUT2D eigenvalue weighted by Crippen LogP contribution is 2.44. The first kappa shape index (κ1) is 17.6. The summed E-state index contributed by atoms with van der Waals surface area (Å²) in [6.45, 7) is 1.56. The zero-order valence-corrected chi connectivity index (χ0v) is 16.2. The molecule has 1 aliphatic carbocycles. The van der Waals surface area contributed by atoms with E-state index < -0.39 is 0 Å². The van der Waals surface area contributed by atoms with Gasteiger partial charge in [0.25, 0.3) is 0 Å². The van der Waals surface area contributed by atoms with Gasteiger partial charge in [0.15, 0.2) is 0 Å². The number of rotatable bonds is 3. The van der Waals surface area contributed by atoms with Crippen molar-refractivity contribution in [2.75, 3.05) is 25.1 Å². The molecule has 1 N–H and O–H groups in total. The van der Waals surface area contributed by atoms with Crippen LogP contribution in [-0.2, 0) is 16.6 Å². The molecule has 0 fully saturated rings. The molecule has 6 heteroatoms. The lowest BCUT2D eigenvalue weighted by atomic mass is 9.70. The quantitative estimate of drug-likeness (QED) is 0.632. The standard InChI is InChI=1S/C20H21ClN2O2S/c1-23-11-20(8-2-3-14-9-15(21)4-6-17(14)20)12-25-19-7-5-16(10-18(19)23)26-22-13-24/h4-7,9-10,13H,2-3,8,11-12H2,1H3,(H,22,24)/t20-/m0/s1. The Morgan fingerprint density at radius 1 is 1.31 bits per heavy atom. The average molecular weight is 389 g/mol. The Kier molecular flexibility index (Phi) is 4.76. The van der Waals surface area contributed by atoms with Crippen LogP contribution in [-0.4, -0.2) is 26.6 Å². The Morgan fingerprint density at radius 3 is 3.04 bits per heavy atom. The lowest BCUT2D eigenvalue weighted by molar-refractivity contribution is -0.107. The first-order valence-corrected chi connectivity index (χ1v) is 9.94. The van der Waals surface area contributed by atoms with Crippen LogP contribution in [0.2, 0.25) is 5.02 Å². The number of ether oxygens (including phenoxy) is 1. The number of benzene rings is 2. The molecule has 1 aliphatic heterocycles. The van der Waals surface area contributed by atoms with Gasteiger partial charge in [0, 0.05) is 28.9 Å². The molecule has 1 heterocycles. The number of carbonyl (C=O) groups excluding carboxylic acids is 1. The van der Waals surface area contributed by atoms with Gasteiger partial charge in [-0.25, -0.2) is 0 Å². The number of likely N-dealkylation sites (N-methyl/N-ethyl adjacent to an activating group) is 1. The van der Waals surface area contributed by atoms with Crippen LogP contribution >= 0.6 is 23.5 Å². The van der Waals surface area contributed by atoms with Gasteiger partial charge in [-0.3, -0.25) is 9.52 Å². The minimum absolute atomic E-state index is 0.0275. The molecule has 2 aromatic carbocycles. The Bertz CT molecular complexity index is 845. The van der Waals surface area contributed by atoms with Gasteiger partial charge in [0.1, 0.15) is 5.75 Å². The predicted octanol–water partition coefficient (Wildman–Crippen LogP) is 4.20. The molecular formula is C20H21ClN2O2S.